The second-order valence-electron chi connectivity index (χ2n) is 1.97. The van der Waals surface area contributed by atoms with Gasteiger partial charge in [0.15, 0.2) is 5.09 Å². The van der Waals surface area contributed by atoms with E-state index in [-0.39, 0.29) is 5.76 Å². The minimum atomic E-state index is -1.06. The fourth-order valence-electron chi connectivity index (χ4n) is 0.630. The van der Waals surface area contributed by atoms with Crippen LogP contribution in [0.3, 0.4) is 0 Å². The highest BCUT2D eigenvalue weighted by molar-refractivity contribution is 7.99. The van der Waals surface area contributed by atoms with E-state index in [9.17, 15) is 4.79 Å². The van der Waals surface area contributed by atoms with Crippen LogP contribution in [-0.4, -0.2) is 24.1 Å². The zero-order valence-electron chi connectivity index (χ0n) is 6.44. The Balaban J connectivity index is 2.58. The quantitative estimate of drug-likeness (QED) is 0.575. The van der Waals surface area contributed by atoms with Gasteiger partial charge in [-0.25, -0.2) is 4.79 Å². The van der Waals surface area contributed by atoms with Gasteiger partial charge in [0.25, 0.3) is 0 Å². The van der Waals surface area contributed by atoms with E-state index < -0.39 is 5.97 Å². The summed E-state index contributed by atoms with van der Waals surface area (Å²) in [6.07, 6.45) is 0. The zero-order valence-corrected chi connectivity index (χ0v) is 7.26. The van der Waals surface area contributed by atoms with Crippen LogP contribution in [-0.2, 0) is 4.74 Å². The summed E-state index contributed by atoms with van der Waals surface area (Å²) in [5, 5.41) is 9.04. The molecule has 0 aromatic carbocycles. The van der Waals surface area contributed by atoms with Crippen LogP contribution in [0.4, 0.5) is 0 Å². The molecular weight excluding hydrogens is 180 g/mol. The number of methoxy groups -OCH3 is 1. The molecule has 0 saturated heterocycles. The second kappa shape index (κ2) is 4.18. The van der Waals surface area contributed by atoms with Crippen LogP contribution < -0.4 is 0 Å². The van der Waals surface area contributed by atoms with E-state index in [1.807, 2.05) is 0 Å². The predicted octanol–water partition coefficient (Wildman–Crippen LogP) is 1.67. The highest BCUT2D eigenvalue weighted by Gasteiger charge is 2.08. The van der Waals surface area contributed by atoms with Crippen LogP contribution in [0.15, 0.2) is 21.6 Å². The normalized spacial score (nSPS) is 10.1. The standard InChI is InChI=1S/C7H8O4S/c1-10-4-12-6-3-2-5(11-6)7(8)9/h2-3H,4H2,1H3,(H,8,9). The van der Waals surface area contributed by atoms with Crippen molar-refractivity contribution in [2.75, 3.05) is 13.0 Å². The molecule has 66 valence electrons. The number of hydrogen-bond donors (Lipinski definition) is 1. The average molecular weight is 188 g/mol. The summed E-state index contributed by atoms with van der Waals surface area (Å²) >= 11 is 1.31. The van der Waals surface area contributed by atoms with Gasteiger partial charge in [0.2, 0.25) is 5.76 Å². The monoisotopic (exact) mass is 188 g/mol. The Bertz CT molecular complexity index is 268. The fraction of sp³-hybridized carbons (Fsp3) is 0.286. The molecule has 0 aliphatic rings. The van der Waals surface area contributed by atoms with Crippen molar-refractivity contribution in [3.05, 3.63) is 17.9 Å². The van der Waals surface area contributed by atoms with Gasteiger partial charge in [0.05, 0.1) is 5.94 Å². The topological polar surface area (TPSA) is 59.7 Å². The summed E-state index contributed by atoms with van der Waals surface area (Å²) in [6.45, 7) is 0. The number of thioether (sulfide) groups is 1. The minimum Gasteiger partial charge on any atom is -0.475 e. The van der Waals surface area contributed by atoms with E-state index in [1.54, 1.807) is 13.2 Å². The average Bonchev–Trinajstić information content (AvgIpc) is 2.48. The lowest BCUT2D eigenvalue weighted by Crippen LogP contribution is -1.91. The van der Waals surface area contributed by atoms with Gasteiger partial charge >= 0.3 is 5.97 Å². The summed E-state index contributed by atoms with van der Waals surface area (Å²) in [5.74, 6) is -0.653. The number of rotatable bonds is 4. The molecule has 1 aromatic rings. The largest absolute Gasteiger partial charge is 0.475 e. The molecule has 4 nitrogen and oxygen atoms in total. The molecule has 12 heavy (non-hydrogen) atoms. The molecule has 1 N–H and O–H groups in total. The molecular formula is C7H8O4S. The molecule has 0 aliphatic carbocycles. The summed E-state index contributed by atoms with van der Waals surface area (Å²) in [4.78, 5) is 10.4. The lowest BCUT2D eigenvalue weighted by molar-refractivity contribution is 0.0656. The highest BCUT2D eigenvalue weighted by atomic mass is 32.2. The maximum atomic E-state index is 10.4. The third-order valence-corrected chi connectivity index (χ3v) is 1.97. The molecule has 5 heteroatoms. The minimum absolute atomic E-state index is 0.0476. The first-order valence-corrected chi connectivity index (χ1v) is 4.17. The van der Waals surface area contributed by atoms with Gasteiger partial charge in [0, 0.05) is 7.11 Å². The zero-order chi connectivity index (χ0) is 8.97. The first kappa shape index (κ1) is 9.15. The van der Waals surface area contributed by atoms with Gasteiger partial charge in [-0.2, -0.15) is 0 Å². The van der Waals surface area contributed by atoms with Gasteiger partial charge in [-0.05, 0) is 12.1 Å². The molecule has 1 heterocycles. The first-order chi connectivity index (χ1) is 5.74. The molecule has 1 rings (SSSR count). The summed E-state index contributed by atoms with van der Waals surface area (Å²) in [7, 11) is 1.56. The molecule has 0 unspecified atom stereocenters. The molecule has 0 atom stereocenters. The van der Waals surface area contributed by atoms with Crippen molar-refractivity contribution in [2.24, 2.45) is 0 Å². The second-order valence-corrected chi connectivity index (χ2v) is 2.90. The third-order valence-electron chi connectivity index (χ3n) is 1.11. The molecule has 1 aromatic heterocycles. The van der Waals surface area contributed by atoms with E-state index in [0.717, 1.165) is 0 Å². The van der Waals surface area contributed by atoms with Crippen LogP contribution in [0.1, 0.15) is 10.6 Å². The van der Waals surface area contributed by atoms with Crippen LogP contribution in [0.25, 0.3) is 0 Å². The van der Waals surface area contributed by atoms with Crippen molar-refractivity contribution in [1.82, 2.24) is 0 Å². The van der Waals surface area contributed by atoms with Crippen molar-refractivity contribution in [1.29, 1.82) is 0 Å². The van der Waals surface area contributed by atoms with Crippen LogP contribution in [0, 0.1) is 0 Å². The molecule has 0 aliphatic heterocycles. The lowest BCUT2D eigenvalue weighted by atomic mass is 10.5. The van der Waals surface area contributed by atoms with Crippen LogP contribution in [0.2, 0.25) is 0 Å². The van der Waals surface area contributed by atoms with Gasteiger partial charge < -0.3 is 14.3 Å². The number of furan rings is 1. The summed E-state index contributed by atoms with van der Waals surface area (Å²) in [6, 6.07) is 3.02. The number of hydrogen-bond acceptors (Lipinski definition) is 4. The Morgan fingerprint density at radius 2 is 2.50 bits per heavy atom. The Hall–Kier alpha value is -0.940. The molecule has 0 saturated carbocycles. The Labute approximate surface area is 73.5 Å². The van der Waals surface area contributed by atoms with E-state index >= 15 is 0 Å². The van der Waals surface area contributed by atoms with Crippen molar-refractivity contribution < 1.29 is 19.1 Å². The lowest BCUT2D eigenvalue weighted by Gasteiger charge is -1.93. The maximum absolute atomic E-state index is 10.4. The van der Waals surface area contributed by atoms with Crippen molar-refractivity contribution >= 4 is 17.7 Å². The van der Waals surface area contributed by atoms with E-state index in [0.29, 0.717) is 11.0 Å². The maximum Gasteiger partial charge on any atom is 0.371 e. The van der Waals surface area contributed by atoms with Crippen molar-refractivity contribution in [2.45, 2.75) is 5.09 Å². The number of ether oxygens (including phenoxy) is 1. The molecule has 0 amide bonds. The van der Waals surface area contributed by atoms with Crippen molar-refractivity contribution in [3.63, 3.8) is 0 Å². The molecule has 0 bridgehead atoms. The Morgan fingerprint density at radius 1 is 1.75 bits per heavy atom. The number of carbonyl (C=O) groups is 1. The highest BCUT2D eigenvalue weighted by Crippen LogP contribution is 2.20. The van der Waals surface area contributed by atoms with Gasteiger partial charge in [-0.1, -0.05) is 11.8 Å². The molecule has 0 radical (unpaired) electrons. The number of aromatic carboxylic acids is 1. The molecule has 0 fully saturated rings. The summed E-state index contributed by atoms with van der Waals surface area (Å²) < 4.78 is 9.70. The molecule has 0 spiro atoms. The van der Waals surface area contributed by atoms with Crippen molar-refractivity contribution in [3.8, 4) is 0 Å². The van der Waals surface area contributed by atoms with Crippen LogP contribution >= 0.6 is 11.8 Å². The third kappa shape index (κ3) is 2.28. The van der Waals surface area contributed by atoms with E-state index in [4.69, 9.17) is 14.3 Å². The number of carboxylic acid groups (broad SMARTS) is 1. The fourth-order valence-corrected chi connectivity index (χ4v) is 1.18. The first-order valence-electron chi connectivity index (χ1n) is 3.19. The predicted molar refractivity (Wildman–Crippen MR) is 43.4 cm³/mol. The Morgan fingerprint density at radius 3 is 3.00 bits per heavy atom. The van der Waals surface area contributed by atoms with Gasteiger partial charge in [0.1, 0.15) is 0 Å². The van der Waals surface area contributed by atoms with E-state index in [2.05, 4.69) is 0 Å². The smallest absolute Gasteiger partial charge is 0.371 e. The number of carboxylic acids is 1. The SMILES string of the molecule is COCSc1ccc(C(=O)O)o1. The summed E-state index contributed by atoms with van der Waals surface area (Å²) in [5.41, 5.74) is 0. The van der Waals surface area contributed by atoms with Crippen LogP contribution in [0.5, 0.6) is 0 Å². The van der Waals surface area contributed by atoms with E-state index in [1.165, 1.54) is 17.8 Å². The van der Waals surface area contributed by atoms with Gasteiger partial charge in [-0.15, -0.1) is 0 Å². The van der Waals surface area contributed by atoms with Gasteiger partial charge in [-0.3, -0.25) is 0 Å². The Kier molecular flexibility index (Phi) is 3.19.